The van der Waals surface area contributed by atoms with Crippen molar-refractivity contribution in [3.63, 3.8) is 0 Å². The van der Waals surface area contributed by atoms with E-state index in [4.69, 9.17) is 4.74 Å². The van der Waals surface area contributed by atoms with Crippen LogP contribution >= 0.6 is 0 Å². The second-order valence-electron chi connectivity index (χ2n) is 6.26. The lowest BCUT2D eigenvalue weighted by Gasteiger charge is -2.52. The van der Waals surface area contributed by atoms with E-state index in [0.717, 1.165) is 37.2 Å². The van der Waals surface area contributed by atoms with Crippen LogP contribution in [-0.2, 0) is 5.54 Å². The Morgan fingerprint density at radius 1 is 1.26 bits per heavy atom. The van der Waals surface area contributed by atoms with Gasteiger partial charge in [-0.1, -0.05) is 18.2 Å². The van der Waals surface area contributed by atoms with E-state index in [1.165, 1.54) is 0 Å². The zero-order chi connectivity index (χ0) is 16.3. The van der Waals surface area contributed by atoms with Crippen molar-refractivity contribution in [2.75, 3.05) is 39.8 Å². The molecule has 6 heteroatoms. The Morgan fingerprint density at radius 2 is 2.00 bits per heavy atom. The molecule has 1 aromatic carbocycles. The van der Waals surface area contributed by atoms with Crippen LogP contribution in [0.15, 0.2) is 24.3 Å². The number of amides is 1. The van der Waals surface area contributed by atoms with Crippen LogP contribution in [0.4, 0.5) is 4.79 Å². The van der Waals surface area contributed by atoms with Gasteiger partial charge in [-0.15, -0.1) is 0 Å². The lowest BCUT2D eigenvalue weighted by Crippen LogP contribution is -2.65. The summed E-state index contributed by atoms with van der Waals surface area (Å²) in [4.78, 5) is 13.7. The molecule has 3 rings (SSSR count). The average Bonchev–Trinajstić information content (AvgIpc) is 2.62. The first-order valence-electron chi connectivity index (χ1n) is 8.25. The van der Waals surface area contributed by atoms with Crippen LogP contribution < -0.4 is 15.4 Å². The fourth-order valence-corrected chi connectivity index (χ4v) is 4.16. The van der Waals surface area contributed by atoms with Crippen molar-refractivity contribution in [1.82, 2.24) is 15.5 Å². The Hall–Kier alpha value is -1.79. The van der Waals surface area contributed by atoms with E-state index < -0.39 is 11.6 Å². The van der Waals surface area contributed by atoms with Crippen molar-refractivity contribution < 1.29 is 14.6 Å². The minimum atomic E-state index is -0.851. The predicted octanol–water partition coefficient (Wildman–Crippen LogP) is 1.47. The molecular weight excluding hydrogens is 294 g/mol. The van der Waals surface area contributed by atoms with Crippen molar-refractivity contribution in [3.8, 4) is 5.75 Å². The van der Waals surface area contributed by atoms with Gasteiger partial charge in [0.1, 0.15) is 5.75 Å². The van der Waals surface area contributed by atoms with E-state index >= 15 is 0 Å². The fraction of sp³-hybridized carbons (Fsp3) is 0.588. The van der Waals surface area contributed by atoms with E-state index in [1.807, 2.05) is 24.3 Å². The number of hydrogen-bond donors (Lipinski definition) is 3. The molecule has 2 fully saturated rings. The number of hydrogen-bond acceptors (Lipinski definition) is 4. The maximum absolute atomic E-state index is 12.0. The summed E-state index contributed by atoms with van der Waals surface area (Å²) in [5.41, 5.74) is 0.405. The van der Waals surface area contributed by atoms with Gasteiger partial charge in [-0.25, -0.2) is 4.79 Å². The van der Waals surface area contributed by atoms with Gasteiger partial charge in [-0.3, -0.25) is 4.90 Å². The van der Waals surface area contributed by atoms with Gasteiger partial charge < -0.3 is 20.5 Å². The summed E-state index contributed by atoms with van der Waals surface area (Å²) < 4.78 is 5.58. The van der Waals surface area contributed by atoms with E-state index in [0.29, 0.717) is 19.6 Å². The van der Waals surface area contributed by atoms with E-state index in [9.17, 15) is 9.90 Å². The van der Waals surface area contributed by atoms with Crippen molar-refractivity contribution in [1.29, 1.82) is 0 Å². The van der Waals surface area contributed by atoms with E-state index in [1.54, 1.807) is 12.0 Å². The molecule has 0 aliphatic carbocycles. The van der Waals surface area contributed by atoms with Crippen LogP contribution in [0.1, 0.15) is 18.4 Å². The molecule has 0 radical (unpaired) electrons. The maximum Gasteiger partial charge on any atom is 0.408 e. The number of benzene rings is 1. The zero-order valence-electron chi connectivity index (χ0n) is 13.5. The van der Waals surface area contributed by atoms with Crippen LogP contribution in [0.25, 0.3) is 0 Å². The van der Waals surface area contributed by atoms with Crippen molar-refractivity contribution >= 4 is 6.09 Å². The quantitative estimate of drug-likeness (QED) is 0.787. The van der Waals surface area contributed by atoms with Crippen LogP contribution in [0.3, 0.4) is 0 Å². The van der Waals surface area contributed by atoms with E-state index in [2.05, 4.69) is 10.6 Å². The molecule has 2 heterocycles. The molecule has 1 aromatic rings. The Morgan fingerprint density at radius 3 is 2.70 bits per heavy atom. The highest BCUT2D eigenvalue weighted by Gasteiger charge is 2.50. The van der Waals surface area contributed by atoms with Gasteiger partial charge in [-0.05, 0) is 37.9 Å². The first kappa shape index (κ1) is 16.1. The van der Waals surface area contributed by atoms with Gasteiger partial charge >= 0.3 is 6.09 Å². The molecule has 1 amide bonds. The van der Waals surface area contributed by atoms with Crippen LogP contribution in [0.5, 0.6) is 5.75 Å². The molecule has 0 saturated carbocycles. The number of carboxylic acid groups (broad SMARTS) is 1. The average molecular weight is 319 g/mol. The van der Waals surface area contributed by atoms with Crippen LogP contribution in [0.2, 0.25) is 0 Å². The number of nitrogens with zero attached hydrogens (tertiary/aromatic N) is 1. The predicted molar refractivity (Wildman–Crippen MR) is 87.9 cm³/mol. The number of nitrogens with one attached hydrogen (secondary N) is 2. The maximum atomic E-state index is 12.0. The van der Waals surface area contributed by atoms with Gasteiger partial charge in [0.05, 0.1) is 12.6 Å². The Labute approximate surface area is 136 Å². The smallest absolute Gasteiger partial charge is 0.408 e. The second kappa shape index (κ2) is 6.76. The third kappa shape index (κ3) is 2.77. The number of carbonyl (C=O) groups is 1. The third-order valence-electron chi connectivity index (χ3n) is 5.21. The molecule has 2 aliphatic heterocycles. The normalized spacial score (nSPS) is 26.0. The first-order valence-corrected chi connectivity index (χ1v) is 8.25. The molecule has 0 spiro atoms. The number of ether oxygens (including phenoxy) is 1. The largest absolute Gasteiger partial charge is 0.496 e. The third-order valence-corrected chi connectivity index (χ3v) is 5.21. The Kier molecular flexibility index (Phi) is 4.73. The molecule has 126 valence electrons. The summed E-state index contributed by atoms with van der Waals surface area (Å²) in [6, 6.07) is 7.84. The van der Waals surface area contributed by atoms with Gasteiger partial charge in [-0.2, -0.15) is 0 Å². The SMILES string of the molecule is COc1ccccc1C1(C2CCNCC2)CNCCN1C(=O)O. The monoisotopic (exact) mass is 319 g/mol. The molecule has 6 nitrogen and oxygen atoms in total. The minimum Gasteiger partial charge on any atom is -0.496 e. The number of rotatable bonds is 3. The fourth-order valence-electron chi connectivity index (χ4n) is 4.16. The highest BCUT2D eigenvalue weighted by molar-refractivity contribution is 5.68. The molecule has 0 aromatic heterocycles. The minimum absolute atomic E-state index is 0.268. The van der Waals surface area contributed by atoms with Crippen LogP contribution in [-0.4, -0.2) is 55.9 Å². The summed E-state index contributed by atoms with van der Waals surface area (Å²) >= 11 is 0. The standard InChI is InChI=1S/C17H25N3O3/c1-23-15-5-3-2-4-14(15)17(13-6-8-18-9-7-13)12-19-10-11-20(17)16(21)22/h2-5,13,18-19H,6-12H2,1H3,(H,21,22). The first-order chi connectivity index (χ1) is 11.2. The molecule has 3 N–H and O–H groups in total. The van der Waals surface area contributed by atoms with Gasteiger partial charge in [0.15, 0.2) is 0 Å². The molecule has 1 atom stereocenters. The van der Waals surface area contributed by atoms with Gasteiger partial charge in [0.25, 0.3) is 0 Å². The number of para-hydroxylation sites is 1. The number of piperidine rings is 1. The summed E-state index contributed by atoms with van der Waals surface area (Å²) in [6.07, 6.45) is 1.07. The molecule has 23 heavy (non-hydrogen) atoms. The Balaban J connectivity index is 2.13. The zero-order valence-corrected chi connectivity index (χ0v) is 13.5. The van der Waals surface area contributed by atoms with Crippen LogP contribution in [0, 0.1) is 5.92 Å². The lowest BCUT2D eigenvalue weighted by atomic mass is 9.71. The molecule has 2 saturated heterocycles. The Bertz CT molecular complexity index is 560. The van der Waals surface area contributed by atoms with Gasteiger partial charge in [0.2, 0.25) is 0 Å². The molecular formula is C17H25N3O3. The summed E-state index contributed by atoms with van der Waals surface area (Å²) in [7, 11) is 1.65. The molecule has 2 aliphatic rings. The summed E-state index contributed by atoms with van der Waals surface area (Å²) in [5.74, 6) is 1.03. The topological polar surface area (TPSA) is 73.8 Å². The highest BCUT2D eigenvalue weighted by atomic mass is 16.5. The lowest BCUT2D eigenvalue weighted by molar-refractivity contribution is 0.00210. The molecule has 0 bridgehead atoms. The van der Waals surface area contributed by atoms with Crippen molar-refractivity contribution in [2.24, 2.45) is 5.92 Å². The van der Waals surface area contributed by atoms with E-state index in [-0.39, 0.29) is 5.92 Å². The van der Waals surface area contributed by atoms with Gasteiger partial charge in [0, 0.05) is 25.2 Å². The molecule has 1 unspecified atom stereocenters. The summed E-state index contributed by atoms with van der Waals surface area (Å²) in [5, 5.41) is 16.7. The van der Waals surface area contributed by atoms with Crippen molar-refractivity contribution in [2.45, 2.75) is 18.4 Å². The number of piperazine rings is 1. The summed E-state index contributed by atoms with van der Waals surface area (Å²) in [6.45, 7) is 3.67. The van der Waals surface area contributed by atoms with Crippen molar-refractivity contribution in [3.05, 3.63) is 29.8 Å². The number of methoxy groups -OCH3 is 1. The highest BCUT2D eigenvalue weighted by Crippen LogP contribution is 2.45. The second-order valence-corrected chi connectivity index (χ2v) is 6.26.